The average Bonchev–Trinajstić information content (AvgIpc) is 2.56. The third-order valence-corrected chi connectivity index (χ3v) is 4.05. The van der Waals surface area contributed by atoms with Gasteiger partial charge in [0.15, 0.2) is 16.6 Å². The Labute approximate surface area is 156 Å². The van der Waals surface area contributed by atoms with Crippen molar-refractivity contribution in [2.45, 2.75) is 26.3 Å². The summed E-state index contributed by atoms with van der Waals surface area (Å²) in [4.78, 5) is 9.42. The van der Waals surface area contributed by atoms with Crippen LogP contribution in [0.4, 0.5) is 5.69 Å². The first-order valence-corrected chi connectivity index (χ1v) is 8.89. The molecule has 2 N–H and O–H groups in total. The molecule has 1 aromatic heterocycles. The van der Waals surface area contributed by atoms with Crippen molar-refractivity contribution in [3.8, 4) is 11.5 Å². The summed E-state index contributed by atoms with van der Waals surface area (Å²) >= 11 is 5.36. The summed E-state index contributed by atoms with van der Waals surface area (Å²) in [6.07, 6.45) is 0. The van der Waals surface area contributed by atoms with Crippen molar-refractivity contribution in [3.05, 3.63) is 30.3 Å². The van der Waals surface area contributed by atoms with E-state index in [0.717, 1.165) is 27.8 Å². The Kier molecular flexibility index (Phi) is 4.03. The molecule has 134 valence electrons. The van der Waals surface area contributed by atoms with E-state index in [1.807, 2.05) is 30.3 Å². The number of nitrogens with zero attached hydrogens (tertiary/aromatic N) is 2. The summed E-state index contributed by atoms with van der Waals surface area (Å²) in [5, 5.41) is 7.00. The van der Waals surface area contributed by atoms with E-state index in [4.69, 9.17) is 31.7 Å². The van der Waals surface area contributed by atoms with Crippen molar-refractivity contribution in [3.63, 3.8) is 0 Å². The molecular weight excluding hydrogens is 348 g/mol. The van der Waals surface area contributed by atoms with Crippen molar-refractivity contribution >= 4 is 45.1 Å². The normalized spacial score (nSPS) is 13.7. The zero-order chi connectivity index (χ0) is 18.3. The molecule has 0 radical (unpaired) electrons. The Bertz CT molecular complexity index is 1010. The van der Waals surface area contributed by atoms with Crippen LogP contribution in [-0.2, 0) is 0 Å². The fourth-order valence-corrected chi connectivity index (χ4v) is 3.22. The van der Waals surface area contributed by atoms with Gasteiger partial charge < -0.3 is 20.1 Å². The van der Waals surface area contributed by atoms with Crippen molar-refractivity contribution in [2.75, 3.05) is 18.5 Å². The Morgan fingerprint density at radius 2 is 1.50 bits per heavy atom. The Balaban J connectivity index is 1.69. The van der Waals surface area contributed by atoms with Crippen LogP contribution < -0.4 is 20.1 Å². The molecule has 7 heteroatoms. The molecule has 0 aliphatic carbocycles. The number of thiocarbonyl (C=S) groups is 1. The zero-order valence-electron chi connectivity index (χ0n) is 14.9. The van der Waals surface area contributed by atoms with Crippen LogP contribution in [0.25, 0.3) is 22.1 Å². The van der Waals surface area contributed by atoms with Gasteiger partial charge >= 0.3 is 0 Å². The van der Waals surface area contributed by atoms with E-state index in [-0.39, 0.29) is 5.54 Å². The predicted octanol–water partition coefficient (Wildman–Crippen LogP) is 3.64. The number of benzene rings is 2. The minimum absolute atomic E-state index is 0.0991. The van der Waals surface area contributed by atoms with E-state index >= 15 is 0 Å². The van der Waals surface area contributed by atoms with Gasteiger partial charge in [-0.3, -0.25) is 0 Å². The predicted molar refractivity (Wildman–Crippen MR) is 107 cm³/mol. The third kappa shape index (κ3) is 3.48. The highest BCUT2D eigenvalue weighted by atomic mass is 32.1. The van der Waals surface area contributed by atoms with Gasteiger partial charge in [0, 0.05) is 23.4 Å². The summed E-state index contributed by atoms with van der Waals surface area (Å²) in [7, 11) is 0. The first-order valence-electron chi connectivity index (χ1n) is 8.48. The quantitative estimate of drug-likeness (QED) is 0.502. The van der Waals surface area contributed by atoms with Crippen molar-refractivity contribution < 1.29 is 9.47 Å². The molecule has 6 nitrogen and oxygen atoms in total. The standard InChI is InChI=1S/C19H20N4O2S/c1-19(2,3)23-18(26)20-11-4-5-12-13(8-11)22-15-10-17-16(9-14(15)21-12)24-6-7-25-17/h4-5,8-10H,6-7H2,1-3H3,(H2,20,23,26). The molecule has 2 heterocycles. The van der Waals surface area contributed by atoms with E-state index in [9.17, 15) is 0 Å². The summed E-state index contributed by atoms with van der Waals surface area (Å²) in [5.41, 5.74) is 3.93. The highest BCUT2D eigenvalue weighted by Gasteiger charge is 2.15. The molecule has 2 aromatic carbocycles. The minimum Gasteiger partial charge on any atom is -0.486 e. The van der Waals surface area contributed by atoms with Crippen molar-refractivity contribution in [2.24, 2.45) is 0 Å². The van der Waals surface area contributed by atoms with E-state index in [2.05, 4.69) is 31.4 Å². The van der Waals surface area contributed by atoms with Crippen LogP contribution >= 0.6 is 12.2 Å². The highest BCUT2D eigenvalue weighted by molar-refractivity contribution is 7.80. The molecule has 0 saturated carbocycles. The lowest BCUT2D eigenvalue weighted by molar-refractivity contribution is 0.172. The smallest absolute Gasteiger partial charge is 0.171 e. The second-order valence-electron chi connectivity index (χ2n) is 7.24. The second-order valence-corrected chi connectivity index (χ2v) is 7.65. The molecule has 0 amide bonds. The number of nitrogens with one attached hydrogen (secondary N) is 2. The van der Waals surface area contributed by atoms with E-state index in [0.29, 0.717) is 29.8 Å². The molecule has 0 fully saturated rings. The lowest BCUT2D eigenvalue weighted by atomic mass is 10.1. The number of anilines is 1. The molecule has 1 aliphatic heterocycles. The molecule has 0 bridgehead atoms. The Morgan fingerprint density at radius 3 is 2.12 bits per heavy atom. The minimum atomic E-state index is -0.0991. The number of rotatable bonds is 1. The number of ether oxygens (including phenoxy) is 2. The number of hydrogen-bond acceptors (Lipinski definition) is 5. The number of aromatic nitrogens is 2. The first kappa shape index (κ1) is 16.8. The van der Waals surface area contributed by atoms with Gasteiger partial charge in [0.2, 0.25) is 0 Å². The van der Waals surface area contributed by atoms with Crippen molar-refractivity contribution in [1.29, 1.82) is 0 Å². The molecule has 0 spiro atoms. The first-order chi connectivity index (χ1) is 12.4. The molecule has 3 aromatic rings. The fraction of sp³-hybridized carbons (Fsp3) is 0.316. The molecular formula is C19H20N4O2S. The van der Waals surface area contributed by atoms with E-state index in [1.165, 1.54) is 0 Å². The lowest BCUT2D eigenvalue weighted by Gasteiger charge is -2.23. The molecule has 1 aliphatic rings. The van der Waals surface area contributed by atoms with Gasteiger partial charge in [-0.1, -0.05) is 0 Å². The molecule has 0 saturated heterocycles. The van der Waals surface area contributed by atoms with Crippen LogP contribution in [-0.4, -0.2) is 33.8 Å². The van der Waals surface area contributed by atoms with Crippen LogP contribution in [0.1, 0.15) is 20.8 Å². The number of hydrogen-bond donors (Lipinski definition) is 2. The van der Waals surface area contributed by atoms with Gasteiger partial charge in [-0.15, -0.1) is 0 Å². The number of fused-ring (bicyclic) bond motifs is 3. The fourth-order valence-electron chi connectivity index (χ4n) is 2.79. The van der Waals surface area contributed by atoms with E-state index < -0.39 is 0 Å². The highest BCUT2D eigenvalue weighted by Crippen LogP contribution is 2.34. The molecule has 0 unspecified atom stereocenters. The molecule has 4 rings (SSSR count). The van der Waals surface area contributed by atoms with Crippen molar-refractivity contribution in [1.82, 2.24) is 15.3 Å². The summed E-state index contributed by atoms with van der Waals surface area (Å²) < 4.78 is 11.3. The second kappa shape index (κ2) is 6.25. The molecule has 0 atom stereocenters. The Hall–Kier alpha value is -2.67. The Morgan fingerprint density at radius 1 is 0.923 bits per heavy atom. The van der Waals surface area contributed by atoms with Gasteiger partial charge in [0.1, 0.15) is 13.2 Å². The van der Waals surface area contributed by atoms with Crippen LogP contribution in [0.5, 0.6) is 11.5 Å². The zero-order valence-corrected chi connectivity index (χ0v) is 15.7. The summed E-state index contributed by atoms with van der Waals surface area (Å²) in [6.45, 7) is 7.28. The maximum atomic E-state index is 5.64. The van der Waals surface area contributed by atoms with Gasteiger partial charge in [0.05, 0.1) is 22.1 Å². The van der Waals surface area contributed by atoms with Gasteiger partial charge in [-0.05, 0) is 51.2 Å². The maximum Gasteiger partial charge on any atom is 0.171 e. The largest absolute Gasteiger partial charge is 0.486 e. The average molecular weight is 368 g/mol. The monoisotopic (exact) mass is 368 g/mol. The van der Waals surface area contributed by atoms with Crippen LogP contribution in [0, 0.1) is 0 Å². The van der Waals surface area contributed by atoms with E-state index in [1.54, 1.807) is 0 Å². The SMILES string of the molecule is CC(C)(C)NC(=S)Nc1ccc2nc3cc4c(cc3nc2c1)OCCO4. The van der Waals surface area contributed by atoms with Crippen LogP contribution in [0.15, 0.2) is 30.3 Å². The summed E-state index contributed by atoms with van der Waals surface area (Å²) in [6, 6.07) is 9.57. The van der Waals surface area contributed by atoms with Gasteiger partial charge in [-0.25, -0.2) is 9.97 Å². The van der Waals surface area contributed by atoms with Gasteiger partial charge in [0.25, 0.3) is 0 Å². The topological polar surface area (TPSA) is 68.3 Å². The lowest BCUT2D eigenvalue weighted by Crippen LogP contribution is -2.42. The third-order valence-electron chi connectivity index (χ3n) is 3.84. The van der Waals surface area contributed by atoms with Crippen LogP contribution in [0.3, 0.4) is 0 Å². The van der Waals surface area contributed by atoms with Gasteiger partial charge in [-0.2, -0.15) is 0 Å². The van der Waals surface area contributed by atoms with Crippen LogP contribution in [0.2, 0.25) is 0 Å². The summed E-state index contributed by atoms with van der Waals surface area (Å²) in [5.74, 6) is 1.43. The molecule has 26 heavy (non-hydrogen) atoms. The maximum absolute atomic E-state index is 5.64.